The molecule has 1 N–H and O–H groups in total. The third kappa shape index (κ3) is 2.46. The Balaban J connectivity index is 1.97. The first-order chi connectivity index (χ1) is 7.72. The summed E-state index contributed by atoms with van der Waals surface area (Å²) in [5.41, 5.74) is 2.85. The summed E-state index contributed by atoms with van der Waals surface area (Å²) in [6, 6.07) is 0. The van der Waals surface area contributed by atoms with Gasteiger partial charge in [-0.3, -0.25) is 0 Å². The molecule has 2 nitrogen and oxygen atoms in total. The Bertz CT molecular complexity index is 328. The Labute approximate surface area is 102 Å². The fourth-order valence-electron chi connectivity index (χ4n) is 2.72. The van der Waals surface area contributed by atoms with Gasteiger partial charge in [0.2, 0.25) is 0 Å². The second-order valence-electron chi connectivity index (χ2n) is 4.94. The first-order valence-electron chi connectivity index (χ1n) is 6.30. The van der Waals surface area contributed by atoms with Crippen molar-refractivity contribution in [3.05, 3.63) is 16.1 Å². The van der Waals surface area contributed by atoms with Gasteiger partial charge in [-0.05, 0) is 31.6 Å². The lowest BCUT2D eigenvalue weighted by Crippen LogP contribution is -2.20. The molecule has 90 valence electrons. The first kappa shape index (κ1) is 12.1. The third-order valence-corrected chi connectivity index (χ3v) is 4.97. The van der Waals surface area contributed by atoms with Crippen LogP contribution in [0.1, 0.15) is 55.7 Å². The van der Waals surface area contributed by atoms with Crippen molar-refractivity contribution in [1.82, 2.24) is 4.98 Å². The smallest absolute Gasteiger partial charge is 0.0928 e. The molecule has 0 saturated heterocycles. The maximum atomic E-state index is 10.3. The van der Waals surface area contributed by atoms with E-state index in [1.54, 1.807) is 11.3 Å². The Morgan fingerprint density at radius 1 is 1.44 bits per heavy atom. The van der Waals surface area contributed by atoms with Crippen LogP contribution in [0.15, 0.2) is 5.51 Å². The molecule has 3 heteroatoms. The molecular formula is C13H21NOS. The predicted octanol–water partition coefficient (Wildman–Crippen LogP) is 3.70. The lowest BCUT2D eigenvalue weighted by Gasteiger charge is -2.30. The maximum Gasteiger partial charge on any atom is 0.0928 e. The Morgan fingerprint density at radius 3 is 2.62 bits per heavy atom. The number of aliphatic hydroxyl groups is 1. The van der Waals surface area contributed by atoms with Crippen molar-refractivity contribution in [3.8, 4) is 0 Å². The van der Waals surface area contributed by atoms with Crippen LogP contribution in [0.3, 0.4) is 0 Å². The van der Waals surface area contributed by atoms with Gasteiger partial charge in [0.05, 0.1) is 22.2 Å². The molecule has 0 radical (unpaired) electrons. The number of rotatable bonds is 3. The number of aliphatic hydroxyl groups excluding tert-OH is 1. The minimum Gasteiger partial charge on any atom is -0.387 e. The van der Waals surface area contributed by atoms with Crippen LogP contribution in [-0.4, -0.2) is 10.1 Å². The van der Waals surface area contributed by atoms with Crippen LogP contribution in [0.25, 0.3) is 0 Å². The zero-order valence-corrected chi connectivity index (χ0v) is 11.0. The van der Waals surface area contributed by atoms with Crippen molar-refractivity contribution in [2.45, 2.75) is 52.1 Å². The summed E-state index contributed by atoms with van der Waals surface area (Å²) in [5, 5.41) is 10.3. The molecule has 0 aliphatic heterocycles. The minimum absolute atomic E-state index is 0.273. The summed E-state index contributed by atoms with van der Waals surface area (Å²) in [4.78, 5) is 5.31. The Kier molecular flexibility index (Phi) is 3.98. The van der Waals surface area contributed by atoms with Gasteiger partial charge in [0.25, 0.3) is 0 Å². The van der Waals surface area contributed by atoms with Crippen LogP contribution in [-0.2, 0) is 0 Å². The van der Waals surface area contributed by atoms with Gasteiger partial charge in [0.15, 0.2) is 0 Å². The second-order valence-corrected chi connectivity index (χ2v) is 5.82. The molecule has 2 rings (SSSR count). The van der Waals surface area contributed by atoms with Gasteiger partial charge in [0, 0.05) is 0 Å². The summed E-state index contributed by atoms with van der Waals surface area (Å²) in [6.07, 6.45) is 5.95. The predicted molar refractivity (Wildman–Crippen MR) is 67.5 cm³/mol. The van der Waals surface area contributed by atoms with E-state index in [-0.39, 0.29) is 6.10 Å². The fraction of sp³-hybridized carbons (Fsp3) is 0.769. The summed E-state index contributed by atoms with van der Waals surface area (Å²) < 4.78 is 0. The molecule has 1 aromatic heterocycles. The molecule has 0 bridgehead atoms. The molecule has 1 saturated carbocycles. The summed E-state index contributed by atoms with van der Waals surface area (Å²) >= 11 is 1.60. The summed E-state index contributed by atoms with van der Waals surface area (Å²) in [5.74, 6) is 1.35. The van der Waals surface area contributed by atoms with E-state index in [0.717, 1.165) is 16.5 Å². The Morgan fingerprint density at radius 2 is 2.12 bits per heavy atom. The van der Waals surface area contributed by atoms with E-state index >= 15 is 0 Å². The SMILES string of the molecule is CCC1CCC(C(O)c2scnc2C)CC1. The molecule has 0 amide bonds. The fourth-order valence-corrected chi connectivity index (χ4v) is 3.60. The van der Waals surface area contributed by atoms with Crippen LogP contribution >= 0.6 is 11.3 Å². The molecule has 1 aromatic rings. The molecule has 16 heavy (non-hydrogen) atoms. The van der Waals surface area contributed by atoms with Gasteiger partial charge in [-0.15, -0.1) is 11.3 Å². The quantitative estimate of drug-likeness (QED) is 0.872. The number of hydrogen-bond donors (Lipinski definition) is 1. The van der Waals surface area contributed by atoms with Gasteiger partial charge in [-0.1, -0.05) is 26.2 Å². The number of nitrogens with zero attached hydrogens (tertiary/aromatic N) is 1. The zero-order chi connectivity index (χ0) is 11.5. The molecule has 0 aromatic carbocycles. The second kappa shape index (κ2) is 5.28. The Hall–Kier alpha value is -0.410. The van der Waals surface area contributed by atoms with Gasteiger partial charge >= 0.3 is 0 Å². The monoisotopic (exact) mass is 239 g/mol. The highest BCUT2D eigenvalue weighted by Crippen LogP contribution is 2.39. The average molecular weight is 239 g/mol. The van der Waals surface area contributed by atoms with Crippen LogP contribution in [0.2, 0.25) is 0 Å². The normalized spacial score (nSPS) is 27.9. The average Bonchev–Trinajstić information content (AvgIpc) is 2.75. The molecule has 1 heterocycles. The highest BCUT2D eigenvalue weighted by molar-refractivity contribution is 7.09. The number of aromatic nitrogens is 1. The highest BCUT2D eigenvalue weighted by atomic mass is 32.1. The van der Waals surface area contributed by atoms with Crippen LogP contribution in [0.5, 0.6) is 0 Å². The van der Waals surface area contributed by atoms with E-state index in [1.165, 1.54) is 32.1 Å². The van der Waals surface area contributed by atoms with Crippen molar-refractivity contribution in [2.24, 2.45) is 11.8 Å². The minimum atomic E-state index is -0.273. The van der Waals surface area contributed by atoms with Crippen molar-refractivity contribution in [1.29, 1.82) is 0 Å². The first-order valence-corrected chi connectivity index (χ1v) is 7.18. The van der Waals surface area contributed by atoms with E-state index in [4.69, 9.17) is 0 Å². The lowest BCUT2D eigenvalue weighted by molar-refractivity contribution is 0.0751. The number of thiazole rings is 1. The molecule has 1 aliphatic rings. The number of aryl methyl sites for hydroxylation is 1. The molecule has 0 spiro atoms. The van der Waals surface area contributed by atoms with E-state index in [0.29, 0.717) is 5.92 Å². The molecule has 1 unspecified atom stereocenters. The van der Waals surface area contributed by atoms with Crippen molar-refractivity contribution in [3.63, 3.8) is 0 Å². The third-order valence-electron chi connectivity index (χ3n) is 3.97. The summed E-state index contributed by atoms with van der Waals surface area (Å²) in [7, 11) is 0. The molecular weight excluding hydrogens is 218 g/mol. The van der Waals surface area contributed by atoms with Crippen molar-refractivity contribution >= 4 is 11.3 Å². The van der Waals surface area contributed by atoms with Crippen LogP contribution < -0.4 is 0 Å². The largest absolute Gasteiger partial charge is 0.387 e. The molecule has 1 aliphatic carbocycles. The zero-order valence-electron chi connectivity index (χ0n) is 10.1. The van der Waals surface area contributed by atoms with Crippen LogP contribution in [0, 0.1) is 18.8 Å². The van der Waals surface area contributed by atoms with Gasteiger partial charge in [-0.25, -0.2) is 4.98 Å². The van der Waals surface area contributed by atoms with Gasteiger partial charge < -0.3 is 5.11 Å². The van der Waals surface area contributed by atoms with Gasteiger partial charge in [0.1, 0.15) is 0 Å². The maximum absolute atomic E-state index is 10.3. The highest BCUT2D eigenvalue weighted by Gasteiger charge is 2.28. The van der Waals surface area contributed by atoms with E-state index in [2.05, 4.69) is 11.9 Å². The molecule has 1 atom stereocenters. The lowest BCUT2D eigenvalue weighted by atomic mass is 9.78. The van der Waals surface area contributed by atoms with Crippen molar-refractivity contribution < 1.29 is 5.11 Å². The number of hydrogen-bond acceptors (Lipinski definition) is 3. The van der Waals surface area contributed by atoms with Crippen molar-refractivity contribution in [2.75, 3.05) is 0 Å². The standard InChI is InChI=1S/C13H21NOS/c1-3-10-4-6-11(7-5-10)12(15)13-9(2)14-8-16-13/h8,10-12,15H,3-7H2,1-2H3. The van der Waals surface area contributed by atoms with E-state index in [9.17, 15) is 5.11 Å². The summed E-state index contributed by atoms with van der Waals surface area (Å²) in [6.45, 7) is 4.27. The van der Waals surface area contributed by atoms with Crippen LogP contribution in [0.4, 0.5) is 0 Å². The van der Waals surface area contributed by atoms with E-state index in [1.807, 2.05) is 12.4 Å². The molecule has 1 fully saturated rings. The van der Waals surface area contributed by atoms with Gasteiger partial charge in [-0.2, -0.15) is 0 Å². The topological polar surface area (TPSA) is 33.1 Å². The van der Waals surface area contributed by atoms with E-state index < -0.39 is 0 Å².